The Morgan fingerprint density at radius 2 is 2.06 bits per heavy atom. The smallest absolute Gasteiger partial charge is 0.314 e. The molecule has 0 bridgehead atoms. The number of hydrogen-bond acceptors (Lipinski definition) is 3. The minimum Gasteiger partial charge on any atom is -0.481 e. The Balaban J connectivity index is 2.45. The largest absolute Gasteiger partial charge is 0.481 e. The molecular formula is C14H15NO3. The second-order valence-electron chi connectivity index (χ2n) is 4.48. The summed E-state index contributed by atoms with van der Waals surface area (Å²) < 4.78 is 5.24. The summed E-state index contributed by atoms with van der Waals surface area (Å²) in [6.07, 6.45) is 1.80. The molecule has 1 unspecified atom stereocenters. The third-order valence-electron chi connectivity index (χ3n) is 3.14. The van der Waals surface area contributed by atoms with Crippen LogP contribution >= 0.6 is 0 Å². The van der Waals surface area contributed by atoms with Crippen molar-refractivity contribution in [1.82, 2.24) is 0 Å². The molecule has 0 aliphatic heterocycles. The normalized spacial score (nSPS) is 14.1. The zero-order valence-electron chi connectivity index (χ0n) is 10.1. The van der Waals surface area contributed by atoms with Crippen LogP contribution in [0.25, 0.3) is 0 Å². The first-order valence-corrected chi connectivity index (χ1v) is 5.65. The molecule has 0 spiro atoms. The first-order valence-electron chi connectivity index (χ1n) is 5.65. The topological polar surface area (TPSA) is 76.5 Å². The van der Waals surface area contributed by atoms with Crippen LogP contribution in [0.2, 0.25) is 0 Å². The summed E-state index contributed by atoms with van der Waals surface area (Å²) in [4.78, 5) is 11.6. The quantitative estimate of drug-likeness (QED) is 0.811. The fraction of sp³-hybridized carbons (Fsp3) is 0.214. The third-order valence-corrected chi connectivity index (χ3v) is 3.14. The molecule has 0 aliphatic carbocycles. The first kappa shape index (κ1) is 12.2. The van der Waals surface area contributed by atoms with Crippen molar-refractivity contribution in [2.75, 3.05) is 5.73 Å². The number of nitrogen functional groups attached to an aromatic ring is 1. The van der Waals surface area contributed by atoms with Gasteiger partial charge in [-0.25, -0.2) is 0 Å². The molecule has 0 saturated carbocycles. The molecule has 1 aromatic heterocycles. The van der Waals surface area contributed by atoms with Crippen molar-refractivity contribution < 1.29 is 14.3 Å². The zero-order valence-corrected chi connectivity index (χ0v) is 10.1. The first-order chi connectivity index (χ1) is 8.54. The number of nitrogens with two attached hydrogens (primary N) is 1. The SMILES string of the molecule is CC(Cc1ccco1)(C(=O)O)c1ccccc1N. The molecule has 0 saturated heterocycles. The number of benzene rings is 1. The van der Waals surface area contributed by atoms with Gasteiger partial charge in [0.2, 0.25) is 0 Å². The molecular weight excluding hydrogens is 230 g/mol. The van der Waals surface area contributed by atoms with Gasteiger partial charge in [-0.1, -0.05) is 18.2 Å². The van der Waals surface area contributed by atoms with Crippen LogP contribution in [-0.4, -0.2) is 11.1 Å². The Hall–Kier alpha value is -2.23. The van der Waals surface area contributed by atoms with E-state index in [1.807, 2.05) is 0 Å². The summed E-state index contributed by atoms with van der Waals surface area (Å²) in [5, 5.41) is 9.51. The molecule has 1 aromatic carbocycles. The summed E-state index contributed by atoms with van der Waals surface area (Å²) in [5.74, 6) is -0.292. The molecule has 0 radical (unpaired) electrons. The molecule has 0 fully saturated rings. The molecule has 4 nitrogen and oxygen atoms in total. The van der Waals surface area contributed by atoms with E-state index in [9.17, 15) is 9.90 Å². The van der Waals surface area contributed by atoms with E-state index in [4.69, 9.17) is 10.2 Å². The van der Waals surface area contributed by atoms with Crippen molar-refractivity contribution in [3.63, 3.8) is 0 Å². The second-order valence-corrected chi connectivity index (χ2v) is 4.48. The average molecular weight is 245 g/mol. The van der Waals surface area contributed by atoms with Gasteiger partial charge in [-0.2, -0.15) is 0 Å². The summed E-state index contributed by atoms with van der Waals surface area (Å²) >= 11 is 0. The van der Waals surface area contributed by atoms with Crippen molar-refractivity contribution in [2.24, 2.45) is 0 Å². The van der Waals surface area contributed by atoms with Crippen LogP contribution in [0, 0.1) is 0 Å². The Labute approximate surface area is 105 Å². The number of furan rings is 1. The van der Waals surface area contributed by atoms with Gasteiger partial charge in [0.1, 0.15) is 5.76 Å². The van der Waals surface area contributed by atoms with E-state index in [1.165, 1.54) is 6.26 Å². The van der Waals surface area contributed by atoms with Crippen LogP contribution in [-0.2, 0) is 16.6 Å². The molecule has 1 heterocycles. The van der Waals surface area contributed by atoms with Crippen LogP contribution < -0.4 is 5.73 Å². The standard InChI is InChI=1S/C14H15NO3/c1-14(13(16)17,9-10-5-4-8-18-10)11-6-2-3-7-12(11)15/h2-8H,9,15H2,1H3,(H,16,17). The van der Waals surface area contributed by atoms with Gasteiger partial charge in [-0.05, 0) is 30.7 Å². The van der Waals surface area contributed by atoms with Gasteiger partial charge in [0.15, 0.2) is 0 Å². The highest BCUT2D eigenvalue weighted by Gasteiger charge is 2.37. The van der Waals surface area contributed by atoms with Gasteiger partial charge < -0.3 is 15.3 Å². The number of para-hydroxylation sites is 1. The minimum atomic E-state index is -1.09. The van der Waals surface area contributed by atoms with Gasteiger partial charge in [0, 0.05) is 12.1 Å². The maximum Gasteiger partial charge on any atom is 0.314 e. The third kappa shape index (κ3) is 2.09. The fourth-order valence-corrected chi connectivity index (χ4v) is 2.05. The maximum absolute atomic E-state index is 11.6. The van der Waals surface area contributed by atoms with Crippen molar-refractivity contribution in [3.8, 4) is 0 Å². The highest BCUT2D eigenvalue weighted by Crippen LogP contribution is 2.32. The van der Waals surface area contributed by atoms with E-state index in [-0.39, 0.29) is 6.42 Å². The van der Waals surface area contributed by atoms with Crippen LogP contribution in [0.15, 0.2) is 47.1 Å². The molecule has 2 aromatic rings. The number of hydrogen-bond donors (Lipinski definition) is 2. The van der Waals surface area contributed by atoms with Gasteiger partial charge >= 0.3 is 5.97 Å². The highest BCUT2D eigenvalue weighted by molar-refractivity contribution is 5.83. The van der Waals surface area contributed by atoms with E-state index in [0.717, 1.165) is 0 Å². The Kier molecular flexibility index (Phi) is 3.10. The summed E-state index contributed by atoms with van der Waals surface area (Å²) in [5.41, 5.74) is 5.87. The van der Waals surface area contributed by atoms with Gasteiger partial charge in [-0.3, -0.25) is 4.79 Å². The van der Waals surface area contributed by atoms with E-state index < -0.39 is 11.4 Å². The number of anilines is 1. The number of carboxylic acid groups (broad SMARTS) is 1. The van der Waals surface area contributed by atoms with Crippen LogP contribution in [0.5, 0.6) is 0 Å². The fourth-order valence-electron chi connectivity index (χ4n) is 2.05. The predicted octanol–water partition coefficient (Wildman–Crippen LogP) is 2.45. The molecule has 3 N–H and O–H groups in total. The van der Waals surface area contributed by atoms with Crippen LogP contribution in [0.1, 0.15) is 18.2 Å². The van der Waals surface area contributed by atoms with Gasteiger partial charge in [-0.15, -0.1) is 0 Å². The molecule has 0 aliphatic rings. The molecule has 94 valence electrons. The summed E-state index contributed by atoms with van der Waals surface area (Å²) in [6, 6.07) is 10.5. The molecule has 1 atom stereocenters. The van der Waals surface area contributed by atoms with E-state index in [1.54, 1.807) is 43.3 Å². The van der Waals surface area contributed by atoms with Crippen molar-refractivity contribution in [1.29, 1.82) is 0 Å². The number of carbonyl (C=O) groups is 1. The lowest BCUT2D eigenvalue weighted by atomic mass is 9.78. The predicted molar refractivity (Wildman–Crippen MR) is 68.3 cm³/mol. The molecule has 18 heavy (non-hydrogen) atoms. The van der Waals surface area contributed by atoms with Crippen molar-refractivity contribution in [3.05, 3.63) is 54.0 Å². The average Bonchev–Trinajstić information content (AvgIpc) is 2.81. The zero-order chi connectivity index (χ0) is 13.2. The van der Waals surface area contributed by atoms with Gasteiger partial charge in [0.25, 0.3) is 0 Å². The van der Waals surface area contributed by atoms with Crippen molar-refractivity contribution >= 4 is 11.7 Å². The van der Waals surface area contributed by atoms with E-state index in [2.05, 4.69) is 0 Å². The molecule has 0 amide bonds. The minimum absolute atomic E-state index is 0.267. The van der Waals surface area contributed by atoms with Crippen molar-refractivity contribution in [2.45, 2.75) is 18.8 Å². The Morgan fingerprint density at radius 1 is 1.33 bits per heavy atom. The Morgan fingerprint density at radius 3 is 2.61 bits per heavy atom. The molecule has 4 heteroatoms. The monoisotopic (exact) mass is 245 g/mol. The van der Waals surface area contributed by atoms with E-state index in [0.29, 0.717) is 17.0 Å². The van der Waals surface area contributed by atoms with E-state index >= 15 is 0 Å². The number of carboxylic acids is 1. The highest BCUT2D eigenvalue weighted by atomic mass is 16.4. The number of rotatable bonds is 4. The second kappa shape index (κ2) is 4.56. The number of aliphatic carboxylic acids is 1. The van der Waals surface area contributed by atoms with Crippen LogP contribution in [0.4, 0.5) is 5.69 Å². The summed E-state index contributed by atoms with van der Waals surface area (Å²) in [7, 11) is 0. The lowest BCUT2D eigenvalue weighted by Gasteiger charge is -2.25. The maximum atomic E-state index is 11.6. The summed E-state index contributed by atoms with van der Waals surface area (Å²) in [6.45, 7) is 1.66. The van der Waals surface area contributed by atoms with Gasteiger partial charge in [0.05, 0.1) is 11.7 Å². The Bertz CT molecular complexity index is 548. The lowest BCUT2D eigenvalue weighted by Crippen LogP contribution is -2.35. The lowest BCUT2D eigenvalue weighted by molar-refractivity contribution is -0.143. The van der Waals surface area contributed by atoms with Crippen LogP contribution in [0.3, 0.4) is 0 Å². The molecule has 2 rings (SSSR count).